The van der Waals surface area contributed by atoms with E-state index < -0.39 is 0 Å². The molecule has 18 heavy (non-hydrogen) atoms. The molecule has 1 aliphatic rings. The van der Waals surface area contributed by atoms with Gasteiger partial charge >= 0.3 is 0 Å². The van der Waals surface area contributed by atoms with Crippen molar-refractivity contribution in [3.63, 3.8) is 0 Å². The lowest BCUT2D eigenvalue weighted by Gasteiger charge is -2.06. The normalized spacial score (nSPS) is 14.7. The molecule has 0 amide bonds. The standard InChI is InChI=1S/C15H17N3/c1-11-4-13(9-16-6-11)14-5-12(7-17-10-14)8-18-15-2-3-15/h4-7,9-10,15,18H,2-3,8H2,1H3. The van der Waals surface area contributed by atoms with Crippen molar-refractivity contribution in [3.05, 3.63) is 48.0 Å². The van der Waals surface area contributed by atoms with E-state index in [2.05, 4.69) is 34.3 Å². The third kappa shape index (κ3) is 2.74. The number of nitrogens with zero attached hydrogens (tertiary/aromatic N) is 2. The molecule has 1 saturated carbocycles. The van der Waals surface area contributed by atoms with Gasteiger partial charge in [0.2, 0.25) is 0 Å². The maximum atomic E-state index is 4.32. The van der Waals surface area contributed by atoms with Crippen molar-refractivity contribution in [2.24, 2.45) is 0 Å². The van der Waals surface area contributed by atoms with Gasteiger partial charge in [-0.3, -0.25) is 9.97 Å². The highest BCUT2D eigenvalue weighted by atomic mass is 14.9. The maximum absolute atomic E-state index is 4.32. The topological polar surface area (TPSA) is 37.8 Å². The lowest BCUT2D eigenvalue weighted by atomic mass is 10.1. The number of nitrogens with one attached hydrogen (secondary N) is 1. The van der Waals surface area contributed by atoms with Gasteiger partial charge in [-0.05, 0) is 43.0 Å². The summed E-state index contributed by atoms with van der Waals surface area (Å²) in [7, 11) is 0. The van der Waals surface area contributed by atoms with E-state index in [4.69, 9.17) is 0 Å². The molecule has 92 valence electrons. The zero-order valence-corrected chi connectivity index (χ0v) is 10.6. The quantitative estimate of drug-likeness (QED) is 0.891. The number of pyridine rings is 2. The monoisotopic (exact) mass is 239 g/mol. The molecular formula is C15H17N3. The number of rotatable bonds is 4. The summed E-state index contributed by atoms with van der Waals surface area (Å²) in [5, 5.41) is 3.51. The maximum Gasteiger partial charge on any atom is 0.0347 e. The average molecular weight is 239 g/mol. The molecule has 2 aromatic rings. The molecular weight excluding hydrogens is 222 g/mol. The summed E-state index contributed by atoms with van der Waals surface area (Å²) in [6.07, 6.45) is 10.2. The van der Waals surface area contributed by atoms with E-state index in [9.17, 15) is 0 Å². The Kier molecular flexibility index (Phi) is 3.07. The molecule has 2 aromatic heterocycles. The summed E-state index contributed by atoms with van der Waals surface area (Å²) in [4.78, 5) is 8.55. The van der Waals surface area contributed by atoms with Gasteiger partial charge in [-0.15, -0.1) is 0 Å². The van der Waals surface area contributed by atoms with Crippen LogP contribution in [0.2, 0.25) is 0 Å². The first-order chi connectivity index (χ1) is 8.81. The van der Waals surface area contributed by atoms with Crippen LogP contribution in [0.5, 0.6) is 0 Å². The summed E-state index contributed by atoms with van der Waals surface area (Å²) >= 11 is 0. The summed E-state index contributed by atoms with van der Waals surface area (Å²) in [6.45, 7) is 2.97. The molecule has 0 bridgehead atoms. The lowest BCUT2D eigenvalue weighted by Crippen LogP contribution is -2.15. The number of hydrogen-bond acceptors (Lipinski definition) is 3. The first-order valence-electron chi connectivity index (χ1n) is 6.40. The van der Waals surface area contributed by atoms with Gasteiger partial charge in [0.25, 0.3) is 0 Å². The Hall–Kier alpha value is -1.74. The Bertz CT molecular complexity index is 547. The van der Waals surface area contributed by atoms with Crippen LogP contribution in [0.4, 0.5) is 0 Å². The van der Waals surface area contributed by atoms with Crippen molar-refractivity contribution in [2.45, 2.75) is 32.4 Å². The van der Waals surface area contributed by atoms with E-state index >= 15 is 0 Å². The van der Waals surface area contributed by atoms with Gasteiger partial charge in [-0.1, -0.05) is 0 Å². The van der Waals surface area contributed by atoms with Crippen LogP contribution >= 0.6 is 0 Å². The van der Waals surface area contributed by atoms with Crippen molar-refractivity contribution >= 4 is 0 Å². The van der Waals surface area contributed by atoms with Gasteiger partial charge < -0.3 is 5.32 Å². The average Bonchev–Trinajstić information content (AvgIpc) is 3.21. The second kappa shape index (κ2) is 4.86. The largest absolute Gasteiger partial charge is 0.310 e. The third-order valence-electron chi connectivity index (χ3n) is 3.18. The van der Waals surface area contributed by atoms with Crippen LogP contribution in [0, 0.1) is 6.92 Å². The van der Waals surface area contributed by atoms with Gasteiger partial charge in [0.1, 0.15) is 0 Å². The first kappa shape index (κ1) is 11.4. The van der Waals surface area contributed by atoms with Crippen molar-refractivity contribution in [1.29, 1.82) is 0 Å². The molecule has 3 nitrogen and oxygen atoms in total. The zero-order chi connectivity index (χ0) is 12.4. The highest BCUT2D eigenvalue weighted by Crippen LogP contribution is 2.21. The van der Waals surface area contributed by atoms with Crippen LogP contribution in [-0.4, -0.2) is 16.0 Å². The number of aromatic nitrogens is 2. The zero-order valence-electron chi connectivity index (χ0n) is 10.6. The molecule has 0 radical (unpaired) electrons. The fourth-order valence-corrected chi connectivity index (χ4v) is 2.00. The minimum atomic E-state index is 0.731. The van der Waals surface area contributed by atoms with E-state index in [0.29, 0.717) is 0 Å². The Morgan fingerprint density at radius 1 is 1.06 bits per heavy atom. The van der Waals surface area contributed by atoms with Crippen LogP contribution in [-0.2, 0) is 6.54 Å². The molecule has 0 aliphatic heterocycles. The van der Waals surface area contributed by atoms with Crippen LogP contribution in [0.3, 0.4) is 0 Å². The van der Waals surface area contributed by atoms with Gasteiger partial charge in [0.15, 0.2) is 0 Å². The van der Waals surface area contributed by atoms with E-state index in [1.807, 2.05) is 24.8 Å². The van der Waals surface area contributed by atoms with Crippen LogP contribution in [0.1, 0.15) is 24.0 Å². The first-order valence-corrected chi connectivity index (χ1v) is 6.40. The Morgan fingerprint density at radius 2 is 1.78 bits per heavy atom. The predicted molar refractivity (Wildman–Crippen MR) is 72.1 cm³/mol. The SMILES string of the molecule is Cc1cncc(-c2cncc(CNC3CC3)c2)c1. The second-order valence-corrected chi connectivity index (χ2v) is 4.99. The summed E-state index contributed by atoms with van der Waals surface area (Å²) in [5.41, 5.74) is 4.69. The minimum Gasteiger partial charge on any atom is -0.310 e. The molecule has 1 N–H and O–H groups in total. The Labute approximate surface area is 107 Å². The van der Waals surface area contributed by atoms with Crippen molar-refractivity contribution in [3.8, 4) is 11.1 Å². The van der Waals surface area contributed by atoms with E-state index in [-0.39, 0.29) is 0 Å². The third-order valence-corrected chi connectivity index (χ3v) is 3.18. The minimum absolute atomic E-state index is 0.731. The van der Waals surface area contributed by atoms with Gasteiger partial charge in [0, 0.05) is 48.5 Å². The molecule has 0 unspecified atom stereocenters. The van der Waals surface area contributed by atoms with Crippen LogP contribution in [0.25, 0.3) is 11.1 Å². The second-order valence-electron chi connectivity index (χ2n) is 4.99. The Balaban J connectivity index is 1.80. The van der Waals surface area contributed by atoms with E-state index in [1.54, 1.807) is 0 Å². The molecule has 0 spiro atoms. The van der Waals surface area contributed by atoms with Gasteiger partial charge in [-0.2, -0.15) is 0 Å². The molecule has 3 rings (SSSR count). The molecule has 3 heteroatoms. The fraction of sp³-hybridized carbons (Fsp3) is 0.333. The van der Waals surface area contributed by atoms with Crippen molar-refractivity contribution in [2.75, 3.05) is 0 Å². The molecule has 0 saturated heterocycles. The highest BCUT2D eigenvalue weighted by molar-refractivity contribution is 5.62. The number of aryl methyl sites for hydroxylation is 1. The lowest BCUT2D eigenvalue weighted by molar-refractivity contribution is 0.686. The van der Waals surface area contributed by atoms with Gasteiger partial charge in [-0.25, -0.2) is 0 Å². The summed E-state index contributed by atoms with van der Waals surface area (Å²) in [5.74, 6) is 0. The summed E-state index contributed by atoms with van der Waals surface area (Å²) in [6, 6.07) is 5.07. The summed E-state index contributed by atoms with van der Waals surface area (Å²) < 4.78 is 0. The molecule has 0 atom stereocenters. The van der Waals surface area contributed by atoms with Crippen LogP contribution < -0.4 is 5.32 Å². The van der Waals surface area contributed by atoms with E-state index in [1.165, 1.54) is 24.0 Å². The van der Waals surface area contributed by atoms with Crippen LogP contribution in [0.15, 0.2) is 36.9 Å². The molecule has 1 aliphatic carbocycles. The Morgan fingerprint density at radius 3 is 2.50 bits per heavy atom. The van der Waals surface area contributed by atoms with Crippen molar-refractivity contribution < 1.29 is 0 Å². The highest BCUT2D eigenvalue weighted by Gasteiger charge is 2.19. The smallest absolute Gasteiger partial charge is 0.0347 e. The van der Waals surface area contributed by atoms with Gasteiger partial charge in [0.05, 0.1) is 0 Å². The molecule has 2 heterocycles. The van der Waals surface area contributed by atoms with E-state index in [0.717, 1.165) is 23.7 Å². The predicted octanol–water partition coefficient (Wildman–Crippen LogP) is 2.70. The fourth-order valence-electron chi connectivity index (χ4n) is 2.00. The number of hydrogen-bond donors (Lipinski definition) is 1. The van der Waals surface area contributed by atoms with Crippen molar-refractivity contribution in [1.82, 2.24) is 15.3 Å². The molecule has 0 aromatic carbocycles. The molecule has 1 fully saturated rings.